The number of halogens is 4. The van der Waals surface area contributed by atoms with Gasteiger partial charge in [-0.1, -0.05) is 18.2 Å². The molecule has 12 heteroatoms. The van der Waals surface area contributed by atoms with Crippen LogP contribution >= 0.6 is 21.0 Å². The van der Waals surface area contributed by atoms with Crippen molar-refractivity contribution in [2.75, 3.05) is 30.3 Å². The minimum Gasteiger partial charge on any atom is -0.405 e. The highest BCUT2D eigenvalue weighted by Crippen LogP contribution is 2.32. The van der Waals surface area contributed by atoms with Gasteiger partial charge in [-0.2, -0.15) is 0 Å². The third kappa shape index (κ3) is 7.50. The van der Waals surface area contributed by atoms with Crippen molar-refractivity contribution in [1.82, 2.24) is 8.10 Å². The van der Waals surface area contributed by atoms with Gasteiger partial charge in [0.25, 0.3) is 0 Å². The van der Waals surface area contributed by atoms with Gasteiger partial charge in [0.05, 0.1) is 4.92 Å². The molecule has 2 fully saturated rings. The Bertz CT molecular complexity index is 1070. The molecule has 2 aromatic rings. The molecule has 2 N–H and O–H groups in total. The van der Waals surface area contributed by atoms with E-state index in [-0.39, 0.29) is 44.5 Å². The van der Waals surface area contributed by atoms with Crippen molar-refractivity contribution in [2.45, 2.75) is 45.0 Å². The van der Waals surface area contributed by atoms with E-state index < -0.39 is 11.3 Å². The summed E-state index contributed by atoms with van der Waals surface area (Å²) in [4.78, 5) is 15.1. The first-order valence-corrected chi connectivity index (χ1v) is 13.5. The number of nitro groups is 1. The number of benzene rings is 1. The van der Waals surface area contributed by atoms with E-state index >= 15 is 0 Å². The Morgan fingerprint density at radius 3 is 2.60 bits per heavy atom. The molecule has 1 aromatic carbocycles. The molecule has 2 aliphatic rings. The molecule has 190 valence electrons. The fraction of sp³-hybridized carbons (Fsp3) is 0.478. The number of rotatable bonds is 9. The zero-order chi connectivity index (χ0) is 24.8. The van der Waals surface area contributed by atoms with Gasteiger partial charge in [0, 0.05) is 37.8 Å². The molecule has 8 nitrogen and oxygen atoms in total. The van der Waals surface area contributed by atoms with Gasteiger partial charge in [0.2, 0.25) is 0 Å². The Hall–Kier alpha value is -2.48. The number of para-hydroxylation sites is 1. The molecule has 1 aliphatic heterocycles. The van der Waals surface area contributed by atoms with Crippen molar-refractivity contribution < 1.29 is 22.8 Å². The number of aromatic nitrogens is 1. The lowest BCUT2D eigenvalue weighted by atomic mass is 9.89. The van der Waals surface area contributed by atoms with Crippen LogP contribution in [0.5, 0.6) is 5.75 Å². The second kappa shape index (κ2) is 11.5. The lowest BCUT2D eigenvalue weighted by Crippen LogP contribution is -2.29. The highest BCUT2D eigenvalue weighted by molar-refractivity contribution is 14.2. The number of hydrogen-bond acceptors (Lipinski definition) is 7. The van der Waals surface area contributed by atoms with E-state index in [0.717, 1.165) is 31.9 Å². The van der Waals surface area contributed by atoms with Crippen LogP contribution in [0.2, 0.25) is 0 Å². The van der Waals surface area contributed by atoms with Crippen LogP contribution in [-0.2, 0) is 6.54 Å². The Labute approximate surface area is 211 Å². The van der Waals surface area contributed by atoms with Gasteiger partial charge < -0.3 is 15.4 Å². The molecule has 0 amide bonds. The Balaban J connectivity index is 1.37. The van der Waals surface area contributed by atoms with Crippen LogP contribution in [0.25, 0.3) is 0 Å². The van der Waals surface area contributed by atoms with Gasteiger partial charge in [0.1, 0.15) is 23.5 Å². The maximum atomic E-state index is 12.7. The van der Waals surface area contributed by atoms with Gasteiger partial charge in [-0.05, 0) is 68.6 Å². The Morgan fingerprint density at radius 2 is 1.94 bits per heavy atom. The van der Waals surface area contributed by atoms with Crippen molar-refractivity contribution in [3.63, 3.8) is 0 Å². The molecule has 0 unspecified atom stereocenters. The number of alkyl halides is 3. The van der Waals surface area contributed by atoms with Gasteiger partial charge in [0.15, 0.2) is 0 Å². The van der Waals surface area contributed by atoms with Gasteiger partial charge in [-0.3, -0.25) is 13.2 Å². The highest BCUT2D eigenvalue weighted by atomic mass is 127. The molecule has 0 radical (unpaired) electrons. The molecule has 1 saturated carbocycles. The molecule has 4 rings (SSSR count). The summed E-state index contributed by atoms with van der Waals surface area (Å²) in [5.74, 6) is 0.450. The van der Waals surface area contributed by atoms with Crippen molar-refractivity contribution in [3.05, 3.63) is 52.2 Å². The standard InChI is InChI=1S/C23H27F3IN5O3/c24-23(25,26)35-21-5-2-1-4-17(21)14-29-22-12-19(20(15-30-22)32(33)34)28-13-16-6-8-18(9-7-16)27-31-10-3-11-31/h1-2,4-5,12,15-16H,3,6-11,13-14H2,(H2,28,29,30). The third-order valence-electron chi connectivity index (χ3n) is 6.01. The van der Waals surface area contributed by atoms with E-state index in [0.29, 0.717) is 24.0 Å². The monoisotopic (exact) mass is 605 g/mol. The molecular formula is C23H27F3IN5O3. The third-order valence-corrected chi connectivity index (χ3v) is 9.42. The number of anilines is 2. The van der Waals surface area contributed by atoms with Crippen LogP contribution in [0.15, 0.2) is 36.5 Å². The molecule has 0 spiro atoms. The fourth-order valence-electron chi connectivity index (χ4n) is 3.96. The maximum absolute atomic E-state index is 12.7. The molecule has 35 heavy (non-hydrogen) atoms. The minimum atomic E-state index is -4.80. The Kier molecular flexibility index (Phi) is 8.42. The normalized spacial score (nSPS) is 18.6. The summed E-state index contributed by atoms with van der Waals surface area (Å²) >= 11 is 0.0530. The predicted octanol–water partition coefficient (Wildman–Crippen LogP) is 5.87. The quantitative estimate of drug-likeness (QED) is 0.160. The Morgan fingerprint density at radius 1 is 1.20 bits per heavy atom. The summed E-state index contributed by atoms with van der Waals surface area (Å²) in [5, 5.41) is 17.7. The highest BCUT2D eigenvalue weighted by Gasteiger charge is 2.32. The van der Waals surface area contributed by atoms with Crippen LogP contribution in [0, 0.1) is 16.0 Å². The van der Waals surface area contributed by atoms with Crippen molar-refractivity contribution in [3.8, 4) is 5.75 Å². The molecule has 2 heterocycles. The first-order valence-electron chi connectivity index (χ1n) is 11.5. The van der Waals surface area contributed by atoms with Gasteiger partial charge in [-0.15, -0.1) is 13.2 Å². The molecule has 0 bridgehead atoms. The van der Waals surface area contributed by atoms with Gasteiger partial charge >= 0.3 is 12.0 Å². The zero-order valence-corrected chi connectivity index (χ0v) is 21.1. The van der Waals surface area contributed by atoms with Crippen LogP contribution in [-0.4, -0.2) is 42.5 Å². The minimum absolute atomic E-state index is 0.0117. The average Bonchev–Trinajstić information content (AvgIpc) is 2.79. The molecule has 1 aliphatic carbocycles. The van der Waals surface area contributed by atoms with Crippen LogP contribution < -0.4 is 15.4 Å². The smallest absolute Gasteiger partial charge is 0.405 e. The van der Waals surface area contributed by atoms with E-state index in [4.69, 9.17) is 0 Å². The van der Waals surface area contributed by atoms with Crippen LogP contribution in [0.3, 0.4) is 0 Å². The van der Waals surface area contributed by atoms with E-state index in [1.165, 1.54) is 43.8 Å². The number of nitrogens with one attached hydrogen (secondary N) is 2. The molecule has 1 saturated heterocycles. The first kappa shape index (κ1) is 25.6. The van der Waals surface area contributed by atoms with E-state index in [2.05, 4.69) is 23.5 Å². The fourth-order valence-corrected chi connectivity index (χ4v) is 7.19. The van der Waals surface area contributed by atoms with Crippen LogP contribution in [0.4, 0.5) is 30.4 Å². The summed E-state index contributed by atoms with van der Waals surface area (Å²) in [6, 6.07) is 7.34. The predicted molar refractivity (Wildman–Crippen MR) is 137 cm³/mol. The van der Waals surface area contributed by atoms with Gasteiger partial charge in [-0.25, -0.2) is 4.98 Å². The number of nitrogens with zero attached hydrogens (tertiary/aromatic N) is 3. The second-order valence-electron chi connectivity index (χ2n) is 8.54. The van der Waals surface area contributed by atoms with E-state index in [1.54, 1.807) is 9.58 Å². The average molecular weight is 605 g/mol. The largest absolute Gasteiger partial charge is 0.573 e. The summed E-state index contributed by atoms with van der Waals surface area (Å²) in [6.07, 6.45) is 2.11. The number of ether oxygens (including phenoxy) is 1. The SMILES string of the molecule is O=[N+]([O-])c1cnc(NCc2ccccc2OC(F)(F)F)cc1NCC1CCC(=IN2CCC2)CC1. The van der Waals surface area contributed by atoms with Crippen molar-refractivity contribution in [2.24, 2.45) is 5.92 Å². The molecule has 0 atom stereocenters. The summed E-state index contributed by atoms with van der Waals surface area (Å²) in [7, 11) is 0. The summed E-state index contributed by atoms with van der Waals surface area (Å²) in [6.45, 7) is 3.12. The lowest BCUT2D eigenvalue weighted by molar-refractivity contribution is -0.384. The topological polar surface area (TPSA) is 92.6 Å². The first-order chi connectivity index (χ1) is 16.8. The van der Waals surface area contributed by atoms with Crippen molar-refractivity contribution >= 4 is 41.7 Å². The second-order valence-corrected chi connectivity index (χ2v) is 11.9. The summed E-state index contributed by atoms with van der Waals surface area (Å²) < 4.78 is 46.3. The van der Waals surface area contributed by atoms with E-state index in [1.807, 2.05) is 0 Å². The molecule has 1 aromatic heterocycles. The maximum Gasteiger partial charge on any atom is 0.573 e. The van der Waals surface area contributed by atoms with E-state index in [9.17, 15) is 23.3 Å². The zero-order valence-electron chi connectivity index (χ0n) is 19.0. The molecular weight excluding hydrogens is 578 g/mol. The van der Waals surface area contributed by atoms with Crippen LogP contribution in [0.1, 0.15) is 37.7 Å². The number of pyridine rings is 1. The number of hydrogen-bond donors (Lipinski definition) is 2. The summed E-state index contributed by atoms with van der Waals surface area (Å²) in [5.41, 5.74) is 0.493. The lowest BCUT2D eigenvalue weighted by Gasteiger charge is -2.29. The van der Waals surface area contributed by atoms with Crippen molar-refractivity contribution in [1.29, 1.82) is 0 Å².